The molecule has 0 aromatic heterocycles. The van der Waals surface area contributed by atoms with Crippen molar-refractivity contribution >= 4 is 17.7 Å². The molecule has 2 aliphatic rings. The Morgan fingerprint density at radius 2 is 2.07 bits per heavy atom. The van der Waals surface area contributed by atoms with E-state index in [0.717, 1.165) is 37.7 Å². The van der Waals surface area contributed by atoms with Crippen LogP contribution in [0.25, 0.3) is 0 Å². The monoisotopic (exact) mass is 214 g/mol. The predicted molar refractivity (Wildman–Crippen MR) is 59.4 cm³/mol. The molecule has 1 N–H and O–H groups in total. The van der Waals surface area contributed by atoms with Crippen LogP contribution in [0.4, 0.5) is 0 Å². The molecule has 0 radical (unpaired) electrons. The minimum atomic E-state index is 0.222. The summed E-state index contributed by atoms with van der Waals surface area (Å²) in [5, 5.41) is 3.23. The lowest BCUT2D eigenvalue weighted by Gasteiger charge is -2.36. The highest BCUT2D eigenvalue weighted by Gasteiger charge is 2.31. The van der Waals surface area contributed by atoms with Gasteiger partial charge in [0.05, 0.1) is 0 Å². The highest BCUT2D eigenvalue weighted by atomic mass is 32.2. The summed E-state index contributed by atoms with van der Waals surface area (Å²) in [5.74, 6) is 3.40. The van der Waals surface area contributed by atoms with Gasteiger partial charge in [0.2, 0.25) is 5.91 Å². The van der Waals surface area contributed by atoms with Crippen molar-refractivity contribution in [1.29, 1.82) is 0 Å². The number of nitrogens with zero attached hydrogens (tertiary/aromatic N) is 1. The molecular formula is C10H18N2OS. The summed E-state index contributed by atoms with van der Waals surface area (Å²) < 4.78 is 0. The first-order valence-electron chi connectivity index (χ1n) is 5.36. The maximum Gasteiger partial charge on any atom is 0.225 e. The van der Waals surface area contributed by atoms with Crippen LogP contribution in [0.5, 0.6) is 0 Å². The highest BCUT2D eigenvalue weighted by Crippen LogP contribution is 2.20. The molecule has 80 valence electrons. The third-order valence-corrected chi connectivity index (χ3v) is 4.17. The van der Waals surface area contributed by atoms with E-state index in [4.69, 9.17) is 0 Å². The number of carbonyl (C=O) groups is 1. The van der Waals surface area contributed by atoms with Crippen molar-refractivity contribution in [3.05, 3.63) is 0 Å². The van der Waals surface area contributed by atoms with E-state index in [-0.39, 0.29) is 5.92 Å². The highest BCUT2D eigenvalue weighted by molar-refractivity contribution is 7.99. The molecule has 0 aromatic rings. The summed E-state index contributed by atoms with van der Waals surface area (Å²) in [6.45, 7) is 6.03. The van der Waals surface area contributed by atoms with Crippen molar-refractivity contribution in [2.24, 2.45) is 11.8 Å². The molecule has 2 heterocycles. The number of amides is 1. The fourth-order valence-electron chi connectivity index (χ4n) is 1.94. The van der Waals surface area contributed by atoms with Gasteiger partial charge in [-0.05, 0) is 19.0 Å². The van der Waals surface area contributed by atoms with Crippen LogP contribution in [-0.2, 0) is 4.79 Å². The number of rotatable bonds is 2. The first-order chi connectivity index (χ1) is 6.79. The Balaban J connectivity index is 1.85. The van der Waals surface area contributed by atoms with Crippen LogP contribution in [-0.4, -0.2) is 48.5 Å². The Morgan fingerprint density at radius 3 is 2.57 bits per heavy atom. The van der Waals surface area contributed by atoms with Crippen LogP contribution in [0.3, 0.4) is 0 Å². The Kier molecular flexibility index (Phi) is 3.34. The molecule has 2 saturated heterocycles. The summed E-state index contributed by atoms with van der Waals surface area (Å²) in [5.41, 5.74) is 0. The van der Waals surface area contributed by atoms with Crippen LogP contribution < -0.4 is 5.32 Å². The molecule has 1 amide bonds. The van der Waals surface area contributed by atoms with Crippen molar-refractivity contribution in [2.45, 2.75) is 6.92 Å². The smallest absolute Gasteiger partial charge is 0.225 e. The van der Waals surface area contributed by atoms with E-state index in [1.807, 2.05) is 16.7 Å². The third kappa shape index (κ3) is 2.06. The van der Waals surface area contributed by atoms with Crippen LogP contribution in [0.1, 0.15) is 6.92 Å². The zero-order valence-corrected chi connectivity index (χ0v) is 9.48. The van der Waals surface area contributed by atoms with Gasteiger partial charge in [-0.2, -0.15) is 11.8 Å². The van der Waals surface area contributed by atoms with E-state index in [2.05, 4.69) is 12.2 Å². The van der Waals surface area contributed by atoms with Crippen LogP contribution in [0.2, 0.25) is 0 Å². The zero-order valence-electron chi connectivity index (χ0n) is 8.66. The number of hydrogen-bond donors (Lipinski definition) is 1. The summed E-state index contributed by atoms with van der Waals surface area (Å²) >= 11 is 1.95. The first kappa shape index (κ1) is 10.3. The lowest BCUT2D eigenvalue weighted by Crippen LogP contribution is -2.51. The normalized spacial score (nSPS) is 25.6. The molecular weight excluding hydrogens is 196 g/mol. The topological polar surface area (TPSA) is 32.3 Å². The van der Waals surface area contributed by atoms with Gasteiger partial charge in [-0.3, -0.25) is 4.79 Å². The minimum Gasteiger partial charge on any atom is -0.341 e. The lowest BCUT2D eigenvalue weighted by atomic mass is 9.88. The Labute approximate surface area is 89.6 Å². The second kappa shape index (κ2) is 4.53. The molecule has 2 rings (SSSR count). The van der Waals surface area contributed by atoms with Crippen molar-refractivity contribution in [3.63, 3.8) is 0 Å². The molecule has 1 atom stereocenters. The van der Waals surface area contributed by atoms with Crippen molar-refractivity contribution in [1.82, 2.24) is 10.2 Å². The van der Waals surface area contributed by atoms with Gasteiger partial charge in [0, 0.05) is 30.5 Å². The lowest BCUT2D eigenvalue weighted by molar-refractivity contribution is -0.137. The van der Waals surface area contributed by atoms with E-state index in [0.29, 0.717) is 11.8 Å². The standard InChI is InChI=1S/C10H18N2OS/c1-8(9-6-11-7-9)10(13)12-2-4-14-5-3-12/h8-9,11H,2-7H2,1H3. The maximum absolute atomic E-state index is 12.0. The number of thioether (sulfide) groups is 1. The number of carbonyl (C=O) groups excluding carboxylic acids is 1. The largest absolute Gasteiger partial charge is 0.341 e. The first-order valence-corrected chi connectivity index (χ1v) is 6.52. The van der Waals surface area contributed by atoms with Crippen LogP contribution >= 0.6 is 11.8 Å². The summed E-state index contributed by atoms with van der Waals surface area (Å²) in [7, 11) is 0. The zero-order chi connectivity index (χ0) is 9.97. The second-order valence-corrected chi connectivity index (χ2v) is 5.37. The molecule has 3 nitrogen and oxygen atoms in total. The van der Waals surface area contributed by atoms with Gasteiger partial charge in [-0.1, -0.05) is 6.92 Å². The van der Waals surface area contributed by atoms with E-state index >= 15 is 0 Å². The van der Waals surface area contributed by atoms with Gasteiger partial charge in [0.25, 0.3) is 0 Å². The SMILES string of the molecule is CC(C(=O)N1CCSCC1)C1CNC1. The van der Waals surface area contributed by atoms with Gasteiger partial charge in [0.15, 0.2) is 0 Å². The van der Waals surface area contributed by atoms with E-state index < -0.39 is 0 Å². The molecule has 0 aliphatic carbocycles. The summed E-state index contributed by atoms with van der Waals surface area (Å²) in [4.78, 5) is 14.1. The van der Waals surface area contributed by atoms with Crippen molar-refractivity contribution in [3.8, 4) is 0 Å². The molecule has 1 unspecified atom stereocenters. The number of nitrogens with one attached hydrogen (secondary N) is 1. The third-order valence-electron chi connectivity index (χ3n) is 3.23. The predicted octanol–water partition coefficient (Wildman–Crippen LogP) is 0.417. The van der Waals surface area contributed by atoms with Gasteiger partial charge in [-0.15, -0.1) is 0 Å². The fourth-order valence-corrected chi connectivity index (χ4v) is 2.84. The van der Waals surface area contributed by atoms with Crippen molar-refractivity contribution in [2.75, 3.05) is 37.7 Å². The van der Waals surface area contributed by atoms with Gasteiger partial charge in [0.1, 0.15) is 0 Å². The Morgan fingerprint density at radius 1 is 1.43 bits per heavy atom. The van der Waals surface area contributed by atoms with E-state index in [1.54, 1.807) is 0 Å². The Hall–Kier alpha value is -0.220. The molecule has 2 aliphatic heterocycles. The quantitative estimate of drug-likeness (QED) is 0.723. The molecule has 0 bridgehead atoms. The molecule has 14 heavy (non-hydrogen) atoms. The molecule has 4 heteroatoms. The molecule has 0 aromatic carbocycles. The maximum atomic E-state index is 12.0. The van der Waals surface area contributed by atoms with Gasteiger partial charge >= 0.3 is 0 Å². The van der Waals surface area contributed by atoms with Gasteiger partial charge in [-0.25, -0.2) is 0 Å². The number of hydrogen-bond acceptors (Lipinski definition) is 3. The summed E-state index contributed by atoms with van der Waals surface area (Å²) in [6, 6.07) is 0. The molecule has 0 spiro atoms. The fraction of sp³-hybridized carbons (Fsp3) is 0.900. The van der Waals surface area contributed by atoms with Crippen molar-refractivity contribution < 1.29 is 4.79 Å². The second-order valence-electron chi connectivity index (χ2n) is 4.14. The van der Waals surface area contributed by atoms with Gasteiger partial charge < -0.3 is 10.2 Å². The Bertz CT molecular complexity index is 208. The molecule has 2 fully saturated rings. The average molecular weight is 214 g/mol. The van der Waals surface area contributed by atoms with E-state index in [9.17, 15) is 4.79 Å². The minimum absolute atomic E-state index is 0.222. The van der Waals surface area contributed by atoms with Crippen LogP contribution in [0, 0.1) is 11.8 Å². The van der Waals surface area contributed by atoms with Crippen LogP contribution in [0.15, 0.2) is 0 Å². The van der Waals surface area contributed by atoms with E-state index in [1.165, 1.54) is 0 Å². The molecule has 0 saturated carbocycles. The summed E-state index contributed by atoms with van der Waals surface area (Å²) in [6.07, 6.45) is 0. The average Bonchev–Trinajstić information content (AvgIpc) is 2.15.